The number of rotatable bonds is 6. The second-order valence-electron chi connectivity index (χ2n) is 4.87. The third kappa shape index (κ3) is 4.01. The van der Waals surface area contributed by atoms with Gasteiger partial charge in [0.2, 0.25) is 0 Å². The first-order valence-corrected chi connectivity index (χ1v) is 6.66. The van der Waals surface area contributed by atoms with Crippen molar-refractivity contribution in [3.63, 3.8) is 0 Å². The van der Waals surface area contributed by atoms with Crippen LogP contribution in [0.1, 0.15) is 31.1 Å². The molecule has 0 saturated carbocycles. The van der Waals surface area contributed by atoms with Crippen LogP contribution in [0.2, 0.25) is 0 Å². The number of ether oxygens (including phenoxy) is 1. The van der Waals surface area contributed by atoms with E-state index in [0.717, 1.165) is 17.0 Å². The minimum atomic E-state index is -0.0480. The van der Waals surface area contributed by atoms with Gasteiger partial charge in [-0.15, -0.1) is 0 Å². The van der Waals surface area contributed by atoms with Crippen LogP contribution in [0.4, 0.5) is 0 Å². The zero-order valence-corrected chi connectivity index (χ0v) is 11.8. The maximum absolute atomic E-state index is 5.66. The lowest BCUT2D eigenvalue weighted by molar-refractivity contribution is 0.241. The zero-order valence-electron chi connectivity index (χ0n) is 11.8. The molecule has 0 aliphatic carbocycles. The van der Waals surface area contributed by atoms with Gasteiger partial charge in [0.25, 0.3) is 0 Å². The molecule has 0 spiro atoms. The van der Waals surface area contributed by atoms with Crippen molar-refractivity contribution in [1.29, 1.82) is 0 Å². The normalized spacial score (nSPS) is 12.4. The highest BCUT2D eigenvalue weighted by Gasteiger charge is 2.13. The topological polar surface area (TPSA) is 73.1 Å². The van der Waals surface area contributed by atoms with Gasteiger partial charge in [-0.25, -0.2) is 0 Å². The number of nitrogens with zero attached hydrogens (tertiary/aromatic N) is 2. The van der Waals surface area contributed by atoms with Crippen molar-refractivity contribution >= 4 is 0 Å². The summed E-state index contributed by atoms with van der Waals surface area (Å²) in [7, 11) is 0. The van der Waals surface area contributed by atoms with Crippen LogP contribution in [0.25, 0.3) is 0 Å². The van der Waals surface area contributed by atoms with Gasteiger partial charge in [0.05, 0.1) is 18.3 Å². The molecule has 2 heterocycles. The summed E-state index contributed by atoms with van der Waals surface area (Å²) in [6.45, 7) is 3.97. The van der Waals surface area contributed by atoms with Gasteiger partial charge in [-0.3, -0.25) is 21.2 Å². The van der Waals surface area contributed by atoms with Gasteiger partial charge in [0.1, 0.15) is 5.75 Å². The van der Waals surface area contributed by atoms with Crippen LogP contribution >= 0.6 is 0 Å². The molecule has 0 amide bonds. The lowest BCUT2D eigenvalue weighted by Crippen LogP contribution is -2.30. The van der Waals surface area contributed by atoms with Crippen LogP contribution < -0.4 is 16.0 Å². The first kappa shape index (κ1) is 14.4. The molecule has 0 aliphatic heterocycles. The Morgan fingerprint density at radius 1 is 1.30 bits per heavy atom. The standard InChI is InChI=1S/C15H20N4O/c1-11(2)20-14-7-12(9-17-10-14)15(19-16)8-13-5-3-4-6-18-13/h3-7,9-11,15,19H,8,16H2,1-2H3. The molecule has 2 rings (SSSR count). The highest BCUT2D eigenvalue weighted by atomic mass is 16.5. The van der Waals surface area contributed by atoms with Crippen molar-refractivity contribution < 1.29 is 4.74 Å². The molecule has 1 unspecified atom stereocenters. The zero-order chi connectivity index (χ0) is 14.4. The van der Waals surface area contributed by atoms with Gasteiger partial charge >= 0.3 is 0 Å². The Bertz CT molecular complexity index is 530. The molecule has 5 nitrogen and oxygen atoms in total. The largest absolute Gasteiger partial charge is 0.489 e. The summed E-state index contributed by atoms with van der Waals surface area (Å²) in [4.78, 5) is 8.52. The second-order valence-corrected chi connectivity index (χ2v) is 4.87. The summed E-state index contributed by atoms with van der Waals surface area (Å²) < 4.78 is 5.65. The van der Waals surface area contributed by atoms with Gasteiger partial charge in [-0.2, -0.15) is 0 Å². The van der Waals surface area contributed by atoms with Crippen molar-refractivity contribution in [2.24, 2.45) is 5.84 Å². The maximum Gasteiger partial charge on any atom is 0.138 e. The Kier molecular flexibility index (Phi) is 5.03. The van der Waals surface area contributed by atoms with Crippen LogP contribution in [0, 0.1) is 0 Å². The molecular weight excluding hydrogens is 252 g/mol. The molecule has 2 aromatic heterocycles. The molecule has 0 fully saturated rings. The molecule has 20 heavy (non-hydrogen) atoms. The quantitative estimate of drug-likeness (QED) is 0.621. The Labute approximate surface area is 119 Å². The summed E-state index contributed by atoms with van der Waals surface area (Å²) in [6, 6.07) is 7.75. The van der Waals surface area contributed by atoms with Gasteiger partial charge in [0.15, 0.2) is 0 Å². The number of nitrogens with one attached hydrogen (secondary N) is 1. The molecule has 0 bridgehead atoms. The minimum absolute atomic E-state index is 0.0480. The van der Waals surface area contributed by atoms with Crippen LogP contribution in [0.3, 0.4) is 0 Å². The highest BCUT2D eigenvalue weighted by Crippen LogP contribution is 2.20. The predicted molar refractivity (Wildman–Crippen MR) is 78.0 cm³/mol. The van der Waals surface area contributed by atoms with E-state index in [0.29, 0.717) is 6.42 Å². The van der Waals surface area contributed by atoms with E-state index in [1.54, 1.807) is 18.6 Å². The van der Waals surface area contributed by atoms with Crippen LogP contribution in [-0.2, 0) is 6.42 Å². The van der Waals surface area contributed by atoms with Crippen LogP contribution in [-0.4, -0.2) is 16.1 Å². The molecule has 1 atom stereocenters. The number of aromatic nitrogens is 2. The van der Waals surface area contributed by atoms with Gasteiger partial charge in [-0.1, -0.05) is 6.07 Å². The van der Waals surface area contributed by atoms with E-state index in [4.69, 9.17) is 10.6 Å². The third-order valence-corrected chi connectivity index (χ3v) is 2.85. The van der Waals surface area contributed by atoms with Crippen molar-refractivity contribution in [1.82, 2.24) is 15.4 Å². The third-order valence-electron chi connectivity index (χ3n) is 2.85. The van der Waals surface area contributed by atoms with E-state index in [9.17, 15) is 0 Å². The van der Waals surface area contributed by atoms with Crippen molar-refractivity contribution in [2.45, 2.75) is 32.4 Å². The van der Waals surface area contributed by atoms with Crippen molar-refractivity contribution in [2.75, 3.05) is 0 Å². The fraction of sp³-hybridized carbons (Fsp3) is 0.333. The van der Waals surface area contributed by atoms with E-state index < -0.39 is 0 Å². The SMILES string of the molecule is CC(C)Oc1cncc(C(Cc2ccccn2)NN)c1. The fourth-order valence-electron chi connectivity index (χ4n) is 1.96. The average Bonchev–Trinajstić information content (AvgIpc) is 2.45. The predicted octanol–water partition coefficient (Wildman–Crippen LogP) is 2.01. The molecule has 3 N–H and O–H groups in total. The minimum Gasteiger partial charge on any atom is -0.489 e. The number of hydrogen-bond acceptors (Lipinski definition) is 5. The summed E-state index contributed by atoms with van der Waals surface area (Å²) >= 11 is 0. The van der Waals surface area contributed by atoms with Crippen molar-refractivity contribution in [3.05, 3.63) is 54.1 Å². The lowest BCUT2D eigenvalue weighted by atomic mass is 10.0. The van der Waals surface area contributed by atoms with Gasteiger partial charge < -0.3 is 4.74 Å². The fourth-order valence-corrected chi connectivity index (χ4v) is 1.96. The van der Waals surface area contributed by atoms with E-state index in [1.807, 2.05) is 38.1 Å². The van der Waals surface area contributed by atoms with E-state index >= 15 is 0 Å². The van der Waals surface area contributed by atoms with Gasteiger partial charge in [0, 0.05) is 24.5 Å². The number of nitrogens with two attached hydrogens (primary N) is 1. The smallest absolute Gasteiger partial charge is 0.138 e. The lowest BCUT2D eigenvalue weighted by Gasteiger charge is -2.17. The van der Waals surface area contributed by atoms with E-state index in [2.05, 4.69) is 15.4 Å². The Balaban J connectivity index is 2.15. The molecule has 2 aromatic rings. The maximum atomic E-state index is 5.66. The molecule has 0 radical (unpaired) electrons. The molecule has 0 aromatic carbocycles. The first-order valence-electron chi connectivity index (χ1n) is 6.66. The number of hydrazine groups is 1. The first-order chi connectivity index (χ1) is 9.69. The van der Waals surface area contributed by atoms with Crippen LogP contribution in [0.15, 0.2) is 42.9 Å². The molecule has 106 valence electrons. The van der Waals surface area contributed by atoms with E-state index in [1.165, 1.54) is 0 Å². The Morgan fingerprint density at radius 3 is 2.80 bits per heavy atom. The number of pyridine rings is 2. The molecular formula is C15H20N4O. The summed E-state index contributed by atoms with van der Waals surface area (Å²) in [5, 5.41) is 0. The summed E-state index contributed by atoms with van der Waals surface area (Å²) in [5.74, 6) is 6.41. The van der Waals surface area contributed by atoms with E-state index in [-0.39, 0.29) is 12.1 Å². The second kappa shape index (κ2) is 6.98. The Morgan fingerprint density at radius 2 is 2.15 bits per heavy atom. The Hall–Kier alpha value is -1.98. The monoisotopic (exact) mass is 272 g/mol. The van der Waals surface area contributed by atoms with Crippen molar-refractivity contribution in [3.8, 4) is 5.75 Å². The van der Waals surface area contributed by atoms with Crippen LogP contribution in [0.5, 0.6) is 5.75 Å². The molecule has 0 saturated heterocycles. The van der Waals surface area contributed by atoms with Gasteiger partial charge in [-0.05, 0) is 37.6 Å². The highest BCUT2D eigenvalue weighted by molar-refractivity contribution is 5.27. The average molecular weight is 272 g/mol. The summed E-state index contributed by atoms with van der Waals surface area (Å²) in [6.07, 6.45) is 6.09. The molecule has 5 heteroatoms. The number of hydrogen-bond donors (Lipinski definition) is 2. The summed E-state index contributed by atoms with van der Waals surface area (Å²) in [5.41, 5.74) is 4.77. The molecule has 0 aliphatic rings.